The fourth-order valence-corrected chi connectivity index (χ4v) is 1.80. The molecule has 0 bridgehead atoms. The molecule has 1 aliphatic rings. The number of carbonyl (C=O) groups is 2. The largest absolute Gasteiger partial charge is 0.415 e. The lowest BCUT2D eigenvalue weighted by Crippen LogP contribution is -2.63. The van der Waals surface area contributed by atoms with E-state index in [-0.39, 0.29) is 11.9 Å². The van der Waals surface area contributed by atoms with Gasteiger partial charge in [0.05, 0.1) is 0 Å². The minimum atomic E-state index is -4.79. The van der Waals surface area contributed by atoms with Crippen molar-refractivity contribution in [2.24, 2.45) is 5.73 Å². The Kier molecular flexibility index (Phi) is 4.44. The fourth-order valence-electron chi connectivity index (χ4n) is 1.80. The number of nitrogens with zero attached hydrogens (tertiary/aromatic N) is 1. The molecule has 0 radical (unpaired) electrons. The molecule has 1 unspecified atom stereocenters. The predicted octanol–water partition coefficient (Wildman–Crippen LogP) is 0.393. The number of alkyl halides is 3. The second-order valence-corrected chi connectivity index (χ2v) is 4.95. The van der Waals surface area contributed by atoms with Gasteiger partial charge in [0, 0.05) is 26.1 Å². The summed E-state index contributed by atoms with van der Waals surface area (Å²) in [4.78, 5) is 24.2. The van der Waals surface area contributed by atoms with E-state index in [1.807, 2.05) is 0 Å². The maximum atomic E-state index is 12.6. The Balaban J connectivity index is 2.54. The molecular weight excluding hydrogens is 263 g/mol. The molecule has 0 spiro atoms. The lowest BCUT2D eigenvalue weighted by Gasteiger charge is -2.34. The molecule has 1 aliphatic heterocycles. The standard InChI is InChI=1S/C11H18F3N3O2/c1-7(18)17-5-3-8(4-6-17)16-9(19)10(2,15)11(12,13)14/h8H,3-6,15H2,1-2H3,(H,16,19). The molecule has 1 fully saturated rings. The highest BCUT2D eigenvalue weighted by molar-refractivity contribution is 5.86. The van der Waals surface area contributed by atoms with Gasteiger partial charge in [0.15, 0.2) is 5.54 Å². The van der Waals surface area contributed by atoms with Gasteiger partial charge in [-0.1, -0.05) is 0 Å². The number of nitrogens with one attached hydrogen (secondary N) is 1. The van der Waals surface area contributed by atoms with E-state index in [2.05, 4.69) is 5.32 Å². The van der Waals surface area contributed by atoms with Crippen molar-refractivity contribution in [3.05, 3.63) is 0 Å². The molecule has 0 aromatic heterocycles. The summed E-state index contributed by atoms with van der Waals surface area (Å²) in [6.07, 6.45) is -3.93. The van der Waals surface area contributed by atoms with Crippen LogP contribution in [0.15, 0.2) is 0 Å². The van der Waals surface area contributed by atoms with Gasteiger partial charge in [0.2, 0.25) is 11.8 Å². The van der Waals surface area contributed by atoms with E-state index in [0.29, 0.717) is 32.9 Å². The molecule has 1 saturated heterocycles. The van der Waals surface area contributed by atoms with Crippen LogP contribution < -0.4 is 11.1 Å². The number of carbonyl (C=O) groups excluding carboxylic acids is 2. The number of rotatable bonds is 2. The molecule has 0 aliphatic carbocycles. The highest BCUT2D eigenvalue weighted by Gasteiger charge is 2.54. The Morgan fingerprint density at radius 1 is 1.26 bits per heavy atom. The molecular formula is C11H18F3N3O2. The minimum Gasteiger partial charge on any atom is -0.351 e. The molecule has 5 nitrogen and oxygen atoms in total. The summed E-state index contributed by atoms with van der Waals surface area (Å²) in [5.74, 6) is -1.31. The van der Waals surface area contributed by atoms with Crippen LogP contribution in [0.2, 0.25) is 0 Å². The molecule has 0 aromatic rings. The van der Waals surface area contributed by atoms with Crippen molar-refractivity contribution in [2.75, 3.05) is 13.1 Å². The van der Waals surface area contributed by atoms with Crippen LogP contribution in [0, 0.1) is 0 Å². The molecule has 1 heterocycles. The lowest BCUT2D eigenvalue weighted by atomic mass is 9.99. The van der Waals surface area contributed by atoms with Crippen LogP contribution in [0.25, 0.3) is 0 Å². The van der Waals surface area contributed by atoms with Gasteiger partial charge in [-0.15, -0.1) is 0 Å². The molecule has 3 N–H and O–H groups in total. The number of halogens is 3. The van der Waals surface area contributed by atoms with E-state index in [1.165, 1.54) is 6.92 Å². The van der Waals surface area contributed by atoms with Crippen molar-refractivity contribution in [3.63, 3.8) is 0 Å². The fraction of sp³-hybridized carbons (Fsp3) is 0.818. The van der Waals surface area contributed by atoms with E-state index < -0.39 is 17.6 Å². The smallest absolute Gasteiger partial charge is 0.351 e. The molecule has 1 atom stereocenters. The summed E-state index contributed by atoms with van der Waals surface area (Å²) in [5.41, 5.74) is 2.13. The van der Waals surface area contributed by atoms with Crippen LogP contribution in [0.3, 0.4) is 0 Å². The molecule has 110 valence electrons. The molecule has 19 heavy (non-hydrogen) atoms. The van der Waals surface area contributed by atoms with Crippen molar-refractivity contribution in [1.29, 1.82) is 0 Å². The first-order valence-electron chi connectivity index (χ1n) is 5.98. The topological polar surface area (TPSA) is 75.4 Å². The molecule has 0 saturated carbocycles. The number of hydrogen-bond acceptors (Lipinski definition) is 3. The second-order valence-electron chi connectivity index (χ2n) is 4.95. The van der Waals surface area contributed by atoms with Gasteiger partial charge in [-0.25, -0.2) is 0 Å². The third kappa shape index (κ3) is 3.59. The molecule has 1 rings (SSSR count). The Labute approximate surface area is 109 Å². The third-order valence-electron chi connectivity index (χ3n) is 3.34. The first-order valence-corrected chi connectivity index (χ1v) is 5.98. The van der Waals surface area contributed by atoms with E-state index in [0.717, 1.165) is 0 Å². The summed E-state index contributed by atoms with van der Waals surface area (Å²) in [5, 5.41) is 2.30. The average Bonchev–Trinajstić information content (AvgIpc) is 2.28. The number of hydrogen-bond donors (Lipinski definition) is 2. The number of likely N-dealkylation sites (tertiary alicyclic amines) is 1. The van der Waals surface area contributed by atoms with Crippen LogP contribution in [0.1, 0.15) is 26.7 Å². The number of piperidine rings is 1. The van der Waals surface area contributed by atoms with E-state index in [9.17, 15) is 22.8 Å². The SMILES string of the molecule is CC(=O)N1CCC(NC(=O)C(C)(N)C(F)(F)F)CC1. The van der Waals surface area contributed by atoms with E-state index in [1.54, 1.807) is 4.90 Å². The lowest BCUT2D eigenvalue weighted by molar-refractivity contribution is -0.187. The van der Waals surface area contributed by atoms with Gasteiger partial charge >= 0.3 is 6.18 Å². The van der Waals surface area contributed by atoms with Gasteiger partial charge in [0.1, 0.15) is 0 Å². The summed E-state index contributed by atoms with van der Waals surface area (Å²) in [7, 11) is 0. The Bertz CT molecular complexity index is 361. The zero-order valence-corrected chi connectivity index (χ0v) is 10.9. The van der Waals surface area contributed by atoms with Crippen LogP contribution in [0.5, 0.6) is 0 Å². The van der Waals surface area contributed by atoms with Crippen molar-refractivity contribution in [2.45, 2.75) is 44.4 Å². The Hall–Kier alpha value is -1.31. The monoisotopic (exact) mass is 281 g/mol. The van der Waals surface area contributed by atoms with Crippen LogP contribution in [0.4, 0.5) is 13.2 Å². The molecule has 0 aromatic carbocycles. The summed E-state index contributed by atoms with van der Waals surface area (Å²) >= 11 is 0. The van der Waals surface area contributed by atoms with E-state index in [4.69, 9.17) is 5.73 Å². The highest BCUT2D eigenvalue weighted by Crippen LogP contribution is 2.28. The summed E-state index contributed by atoms with van der Waals surface area (Å²) in [6.45, 7) is 2.92. The van der Waals surface area contributed by atoms with Gasteiger partial charge in [-0.3, -0.25) is 9.59 Å². The van der Waals surface area contributed by atoms with Crippen LogP contribution in [-0.4, -0.2) is 47.6 Å². The molecule has 2 amide bonds. The average molecular weight is 281 g/mol. The zero-order chi connectivity index (χ0) is 14.8. The quantitative estimate of drug-likeness (QED) is 0.769. The van der Waals surface area contributed by atoms with Crippen molar-refractivity contribution < 1.29 is 22.8 Å². The van der Waals surface area contributed by atoms with Crippen LogP contribution in [-0.2, 0) is 9.59 Å². The number of nitrogens with two attached hydrogens (primary N) is 1. The van der Waals surface area contributed by atoms with Crippen molar-refractivity contribution in [3.8, 4) is 0 Å². The van der Waals surface area contributed by atoms with Gasteiger partial charge in [-0.05, 0) is 19.8 Å². The van der Waals surface area contributed by atoms with Gasteiger partial charge < -0.3 is 16.0 Å². The van der Waals surface area contributed by atoms with Crippen LogP contribution >= 0.6 is 0 Å². The third-order valence-corrected chi connectivity index (χ3v) is 3.34. The molecule has 8 heteroatoms. The second kappa shape index (κ2) is 5.36. The van der Waals surface area contributed by atoms with Crippen molar-refractivity contribution >= 4 is 11.8 Å². The van der Waals surface area contributed by atoms with Gasteiger partial charge in [-0.2, -0.15) is 13.2 Å². The normalized spacial score (nSPS) is 20.8. The van der Waals surface area contributed by atoms with E-state index >= 15 is 0 Å². The maximum Gasteiger partial charge on any atom is 0.415 e. The first-order chi connectivity index (χ1) is 8.55. The highest BCUT2D eigenvalue weighted by atomic mass is 19.4. The summed E-state index contributed by atoms with van der Waals surface area (Å²) in [6, 6.07) is -0.381. The summed E-state index contributed by atoms with van der Waals surface area (Å²) < 4.78 is 37.7. The Morgan fingerprint density at radius 3 is 2.11 bits per heavy atom. The number of amides is 2. The first kappa shape index (κ1) is 15.7. The minimum absolute atomic E-state index is 0.0799. The Morgan fingerprint density at radius 2 is 1.74 bits per heavy atom. The predicted molar refractivity (Wildman–Crippen MR) is 62.1 cm³/mol. The van der Waals surface area contributed by atoms with Crippen molar-refractivity contribution in [1.82, 2.24) is 10.2 Å². The maximum absolute atomic E-state index is 12.6. The van der Waals surface area contributed by atoms with Gasteiger partial charge in [0.25, 0.3) is 0 Å². The zero-order valence-electron chi connectivity index (χ0n) is 10.9.